The van der Waals surface area contributed by atoms with Gasteiger partial charge in [-0.15, -0.1) is 0 Å². The van der Waals surface area contributed by atoms with Crippen LogP contribution in [-0.2, 0) is 0 Å². The molecule has 0 saturated carbocycles. The molecule has 0 aliphatic rings. The van der Waals surface area contributed by atoms with Gasteiger partial charge in [-0.1, -0.05) is 12.1 Å². The van der Waals surface area contributed by atoms with Crippen LogP contribution in [-0.4, -0.2) is 54.1 Å². The Morgan fingerprint density at radius 2 is 2.11 bits per heavy atom. The fraction of sp³-hybridized carbons (Fsp3) is 0.571. The van der Waals surface area contributed by atoms with Crippen molar-refractivity contribution in [3.05, 3.63) is 29.8 Å². The molecule has 4 nitrogen and oxygen atoms in total. The number of hydrogen-bond acceptors (Lipinski definition) is 4. The number of ether oxygens (including phenoxy) is 1. The molecule has 2 atom stereocenters. The minimum Gasteiger partial charge on any atom is -0.491 e. The highest BCUT2D eigenvalue weighted by Crippen LogP contribution is 2.12. The van der Waals surface area contributed by atoms with Gasteiger partial charge in [0.05, 0.1) is 6.61 Å². The van der Waals surface area contributed by atoms with Crippen molar-refractivity contribution in [1.82, 2.24) is 4.90 Å². The number of aryl methyl sites for hydroxylation is 1. The molecular weight excluding hydrogens is 230 g/mol. The molecule has 0 saturated heterocycles. The summed E-state index contributed by atoms with van der Waals surface area (Å²) in [5.74, 6) is 0.770. The lowest BCUT2D eigenvalue weighted by molar-refractivity contribution is 0.0543. The first-order valence-corrected chi connectivity index (χ1v) is 6.21. The molecule has 2 N–H and O–H groups in total. The summed E-state index contributed by atoms with van der Waals surface area (Å²) >= 11 is 0. The maximum absolute atomic E-state index is 9.85. The van der Waals surface area contributed by atoms with Crippen molar-refractivity contribution in [1.29, 1.82) is 0 Å². The van der Waals surface area contributed by atoms with Crippen LogP contribution in [0, 0.1) is 6.92 Å². The largest absolute Gasteiger partial charge is 0.491 e. The van der Waals surface area contributed by atoms with Gasteiger partial charge in [-0.05, 0) is 38.6 Å². The Morgan fingerprint density at radius 1 is 1.39 bits per heavy atom. The van der Waals surface area contributed by atoms with E-state index in [-0.39, 0.29) is 19.3 Å². The first kappa shape index (κ1) is 15.0. The fourth-order valence-corrected chi connectivity index (χ4v) is 1.60. The number of nitrogens with zero attached hydrogens (tertiary/aromatic N) is 1. The quantitative estimate of drug-likeness (QED) is 0.762. The normalized spacial score (nSPS) is 14.6. The van der Waals surface area contributed by atoms with Crippen molar-refractivity contribution in [3.63, 3.8) is 0 Å². The smallest absolute Gasteiger partial charge is 0.119 e. The van der Waals surface area contributed by atoms with E-state index < -0.39 is 6.10 Å². The van der Waals surface area contributed by atoms with Gasteiger partial charge in [-0.3, -0.25) is 4.90 Å². The molecule has 0 fully saturated rings. The van der Waals surface area contributed by atoms with Gasteiger partial charge in [0.1, 0.15) is 18.5 Å². The second kappa shape index (κ2) is 7.36. The second-order valence-electron chi connectivity index (χ2n) is 4.75. The molecule has 0 aromatic heterocycles. The van der Waals surface area contributed by atoms with Crippen LogP contribution in [0.3, 0.4) is 0 Å². The van der Waals surface area contributed by atoms with Gasteiger partial charge < -0.3 is 14.9 Å². The summed E-state index contributed by atoms with van der Waals surface area (Å²) < 4.78 is 5.52. The van der Waals surface area contributed by atoms with Crippen molar-refractivity contribution in [2.75, 3.05) is 26.8 Å². The predicted molar refractivity (Wildman–Crippen MR) is 71.9 cm³/mol. The molecule has 4 heteroatoms. The van der Waals surface area contributed by atoms with E-state index in [1.165, 1.54) is 0 Å². The Kier molecular flexibility index (Phi) is 6.12. The van der Waals surface area contributed by atoms with Crippen molar-refractivity contribution in [2.45, 2.75) is 26.0 Å². The van der Waals surface area contributed by atoms with E-state index in [0.717, 1.165) is 11.3 Å². The number of aliphatic hydroxyl groups is 2. The summed E-state index contributed by atoms with van der Waals surface area (Å²) in [7, 11) is 1.87. The Morgan fingerprint density at radius 3 is 2.72 bits per heavy atom. The van der Waals surface area contributed by atoms with Gasteiger partial charge in [0, 0.05) is 12.6 Å². The van der Waals surface area contributed by atoms with Crippen LogP contribution in [0.1, 0.15) is 12.5 Å². The SMILES string of the molecule is Cc1cccc(OCC(O)CN(C)C(C)CO)c1. The van der Waals surface area contributed by atoms with Crippen LogP contribution in [0.15, 0.2) is 24.3 Å². The van der Waals surface area contributed by atoms with Crippen LogP contribution >= 0.6 is 0 Å². The van der Waals surface area contributed by atoms with Crippen LogP contribution < -0.4 is 4.74 Å². The molecule has 1 aromatic rings. The molecule has 102 valence electrons. The zero-order valence-corrected chi connectivity index (χ0v) is 11.3. The molecule has 0 bridgehead atoms. The molecule has 0 aliphatic heterocycles. The third kappa shape index (κ3) is 5.04. The molecule has 0 amide bonds. The van der Waals surface area contributed by atoms with Gasteiger partial charge in [-0.2, -0.15) is 0 Å². The average Bonchev–Trinajstić information content (AvgIpc) is 2.35. The molecule has 1 aromatic carbocycles. The van der Waals surface area contributed by atoms with Crippen molar-refractivity contribution < 1.29 is 14.9 Å². The Labute approximate surface area is 109 Å². The third-order valence-electron chi connectivity index (χ3n) is 2.95. The molecule has 0 aliphatic carbocycles. The summed E-state index contributed by atoms with van der Waals surface area (Å²) in [5.41, 5.74) is 1.13. The van der Waals surface area contributed by atoms with Gasteiger partial charge in [0.15, 0.2) is 0 Å². The summed E-state index contributed by atoms with van der Waals surface area (Å²) in [6.45, 7) is 4.73. The first-order chi connectivity index (χ1) is 8.52. The van der Waals surface area contributed by atoms with E-state index in [4.69, 9.17) is 9.84 Å². The van der Waals surface area contributed by atoms with E-state index in [9.17, 15) is 5.11 Å². The number of rotatable bonds is 7. The Bertz CT molecular complexity index is 357. The van der Waals surface area contributed by atoms with Gasteiger partial charge in [0.2, 0.25) is 0 Å². The second-order valence-corrected chi connectivity index (χ2v) is 4.75. The van der Waals surface area contributed by atoms with E-state index in [1.807, 2.05) is 50.1 Å². The summed E-state index contributed by atoms with van der Waals surface area (Å²) in [5, 5.41) is 18.8. The average molecular weight is 253 g/mol. The number of hydrogen-bond donors (Lipinski definition) is 2. The maximum atomic E-state index is 9.85. The molecule has 0 heterocycles. The van der Waals surface area contributed by atoms with Crippen molar-refractivity contribution >= 4 is 0 Å². The molecule has 0 radical (unpaired) electrons. The molecule has 2 unspecified atom stereocenters. The maximum Gasteiger partial charge on any atom is 0.119 e. The number of benzene rings is 1. The van der Waals surface area contributed by atoms with E-state index in [1.54, 1.807) is 0 Å². The highest BCUT2D eigenvalue weighted by Gasteiger charge is 2.13. The number of likely N-dealkylation sites (N-methyl/N-ethyl adjacent to an activating group) is 1. The highest BCUT2D eigenvalue weighted by molar-refractivity contribution is 5.27. The van der Waals surface area contributed by atoms with Crippen LogP contribution in [0.4, 0.5) is 0 Å². The lowest BCUT2D eigenvalue weighted by atomic mass is 10.2. The van der Waals surface area contributed by atoms with Gasteiger partial charge in [0.25, 0.3) is 0 Å². The van der Waals surface area contributed by atoms with Crippen LogP contribution in [0.25, 0.3) is 0 Å². The Hall–Kier alpha value is -1.10. The lowest BCUT2D eigenvalue weighted by Gasteiger charge is -2.25. The third-order valence-corrected chi connectivity index (χ3v) is 2.95. The molecule has 1 rings (SSSR count). The lowest BCUT2D eigenvalue weighted by Crippen LogP contribution is -2.39. The molecule has 0 spiro atoms. The fourth-order valence-electron chi connectivity index (χ4n) is 1.60. The molecule has 18 heavy (non-hydrogen) atoms. The number of aliphatic hydroxyl groups excluding tert-OH is 2. The monoisotopic (exact) mass is 253 g/mol. The van der Waals surface area contributed by atoms with Crippen molar-refractivity contribution in [2.24, 2.45) is 0 Å². The van der Waals surface area contributed by atoms with E-state index in [2.05, 4.69) is 0 Å². The zero-order valence-electron chi connectivity index (χ0n) is 11.3. The summed E-state index contributed by atoms with van der Waals surface area (Å²) in [6.07, 6.45) is -0.565. The first-order valence-electron chi connectivity index (χ1n) is 6.21. The Balaban J connectivity index is 2.35. The summed E-state index contributed by atoms with van der Waals surface area (Å²) in [4.78, 5) is 1.91. The van der Waals surface area contributed by atoms with E-state index in [0.29, 0.717) is 6.54 Å². The highest BCUT2D eigenvalue weighted by atomic mass is 16.5. The predicted octanol–water partition coefficient (Wildman–Crippen LogP) is 1.05. The van der Waals surface area contributed by atoms with Crippen molar-refractivity contribution in [3.8, 4) is 5.75 Å². The zero-order chi connectivity index (χ0) is 13.5. The standard InChI is InChI=1S/C14H23NO3/c1-11-5-4-6-14(7-11)18-10-13(17)8-15(3)12(2)9-16/h4-7,12-13,16-17H,8-10H2,1-3H3. The molecular formula is C14H23NO3. The minimum absolute atomic E-state index is 0.0404. The van der Waals surface area contributed by atoms with Crippen LogP contribution in [0.5, 0.6) is 5.75 Å². The summed E-state index contributed by atoms with van der Waals surface area (Å²) in [6, 6.07) is 7.78. The van der Waals surface area contributed by atoms with Crippen LogP contribution in [0.2, 0.25) is 0 Å². The minimum atomic E-state index is -0.565. The topological polar surface area (TPSA) is 52.9 Å². The van der Waals surface area contributed by atoms with Gasteiger partial charge >= 0.3 is 0 Å². The van der Waals surface area contributed by atoms with E-state index >= 15 is 0 Å². The van der Waals surface area contributed by atoms with Gasteiger partial charge in [-0.25, -0.2) is 0 Å².